The quantitative estimate of drug-likeness (QED) is 0.545. The minimum absolute atomic E-state index is 0.0337. The zero-order valence-electron chi connectivity index (χ0n) is 13.9. The topological polar surface area (TPSA) is 72.1 Å². The number of anilines is 2. The molecule has 132 valence electrons. The second-order valence-electron chi connectivity index (χ2n) is 5.58. The number of nitrogens with zero attached hydrogens (tertiary/aromatic N) is 2. The predicted octanol–water partition coefficient (Wildman–Crippen LogP) is 4.66. The minimum Gasteiger partial charge on any atom is -0.493 e. The van der Waals surface area contributed by atoms with E-state index in [9.17, 15) is 4.39 Å². The molecule has 2 N–H and O–H groups in total. The van der Waals surface area contributed by atoms with Gasteiger partial charge in [-0.25, -0.2) is 14.4 Å². The number of halogens is 2. The first-order valence-electron chi connectivity index (χ1n) is 7.71. The highest BCUT2D eigenvalue weighted by atomic mass is 35.5. The van der Waals surface area contributed by atoms with Crippen LogP contribution < -0.4 is 14.8 Å². The molecule has 8 heteroatoms. The van der Waals surface area contributed by atoms with E-state index in [1.807, 2.05) is 12.1 Å². The van der Waals surface area contributed by atoms with Crippen molar-refractivity contribution in [1.82, 2.24) is 15.0 Å². The molecule has 0 spiro atoms. The molecule has 0 radical (unpaired) electrons. The standard InChI is InChI=1S/C18H14ClFN4O2/c1-25-14-6-10-13(7-15(14)26-2)24-17-16(10)21-8-22-18(17)23-9-3-4-12(20)11(19)5-9/h3-8,24H,1-2H3,(H,21,22,23). The first kappa shape index (κ1) is 16.4. The molecule has 0 amide bonds. The van der Waals surface area contributed by atoms with E-state index in [0.717, 1.165) is 16.4 Å². The van der Waals surface area contributed by atoms with Crippen molar-refractivity contribution in [2.75, 3.05) is 19.5 Å². The van der Waals surface area contributed by atoms with Gasteiger partial charge in [0.1, 0.15) is 23.2 Å². The van der Waals surface area contributed by atoms with Gasteiger partial charge in [0.25, 0.3) is 0 Å². The molecule has 2 aromatic carbocycles. The highest BCUT2D eigenvalue weighted by Gasteiger charge is 2.15. The van der Waals surface area contributed by atoms with Gasteiger partial charge in [-0.15, -0.1) is 0 Å². The zero-order valence-corrected chi connectivity index (χ0v) is 14.7. The van der Waals surface area contributed by atoms with Gasteiger partial charge in [-0.05, 0) is 24.3 Å². The molecule has 0 unspecified atom stereocenters. The largest absolute Gasteiger partial charge is 0.493 e. The van der Waals surface area contributed by atoms with E-state index in [1.165, 1.54) is 18.5 Å². The van der Waals surface area contributed by atoms with Crippen LogP contribution >= 0.6 is 11.6 Å². The van der Waals surface area contributed by atoms with Gasteiger partial charge in [-0.3, -0.25) is 0 Å². The lowest BCUT2D eigenvalue weighted by Crippen LogP contribution is -1.96. The van der Waals surface area contributed by atoms with Crippen molar-refractivity contribution in [3.8, 4) is 11.5 Å². The first-order valence-corrected chi connectivity index (χ1v) is 8.09. The Labute approximate surface area is 152 Å². The molecule has 4 aromatic rings. The van der Waals surface area contributed by atoms with Crippen LogP contribution in [-0.4, -0.2) is 29.2 Å². The lowest BCUT2D eigenvalue weighted by molar-refractivity contribution is 0.356. The number of aromatic nitrogens is 3. The molecule has 0 fully saturated rings. The van der Waals surface area contributed by atoms with Crippen LogP contribution in [0.4, 0.5) is 15.9 Å². The van der Waals surface area contributed by atoms with Gasteiger partial charge >= 0.3 is 0 Å². The number of H-pyrrole nitrogens is 1. The maximum absolute atomic E-state index is 13.4. The maximum atomic E-state index is 13.4. The number of benzene rings is 2. The van der Waals surface area contributed by atoms with Crippen molar-refractivity contribution in [3.05, 3.63) is 47.5 Å². The molecule has 2 aromatic heterocycles. The van der Waals surface area contributed by atoms with Crippen molar-refractivity contribution in [3.63, 3.8) is 0 Å². The number of ether oxygens (including phenoxy) is 2. The summed E-state index contributed by atoms with van der Waals surface area (Å²) < 4.78 is 24.1. The summed E-state index contributed by atoms with van der Waals surface area (Å²) in [5.41, 5.74) is 2.88. The third kappa shape index (κ3) is 2.66. The molecule has 0 aliphatic rings. The smallest absolute Gasteiger partial charge is 0.162 e. The third-order valence-electron chi connectivity index (χ3n) is 4.07. The van der Waals surface area contributed by atoms with Gasteiger partial charge in [0.2, 0.25) is 0 Å². The fraction of sp³-hybridized carbons (Fsp3) is 0.111. The van der Waals surface area contributed by atoms with Gasteiger partial charge < -0.3 is 19.8 Å². The van der Waals surface area contributed by atoms with Gasteiger partial charge in [-0.2, -0.15) is 0 Å². The second kappa shape index (κ2) is 6.34. The Balaban J connectivity index is 1.86. The van der Waals surface area contributed by atoms with Gasteiger partial charge in [0, 0.05) is 17.1 Å². The van der Waals surface area contributed by atoms with Crippen LogP contribution in [0.3, 0.4) is 0 Å². The molecule has 2 heterocycles. The molecular weight excluding hydrogens is 359 g/mol. The first-order chi connectivity index (χ1) is 12.6. The Morgan fingerprint density at radius 3 is 2.58 bits per heavy atom. The van der Waals surface area contributed by atoms with Gasteiger partial charge in [0.05, 0.1) is 24.8 Å². The Kier molecular flexibility index (Phi) is 4.00. The lowest BCUT2D eigenvalue weighted by Gasteiger charge is -2.07. The second-order valence-corrected chi connectivity index (χ2v) is 5.98. The molecule has 4 rings (SSSR count). The Bertz CT molecular complexity index is 1130. The van der Waals surface area contributed by atoms with Crippen molar-refractivity contribution in [2.45, 2.75) is 0 Å². The van der Waals surface area contributed by atoms with E-state index in [0.29, 0.717) is 28.5 Å². The van der Waals surface area contributed by atoms with Crippen molar-refractivity contribution >= 4 is 45.0 Å². The monoisotopic (exact) mass is 372 g/mol. The summed E-state index contributed by atoms with van der Waals surface area (Å²) in [6.45, 7) is 0. The van der Waals surface area contributed by atoms with Crippen LogP contribution in [0.5, 0.6) is 11.5 Å². The number of nitrogens with one attached hydrogen (secondary N) is 2. The van der Waals surface area contributed by atoms with Gasteiger partial charge in [-0.1, -0.05) is 11.6 Å². The molecule has 0 bridgehead atoms. The van der Waals surface area contributed by atoms with E-state index in [4.69, 9.17) is 21.1 Å². The summed E-state index contributed by atoms with van der Waals surface area (Å²) in [5, 5.41) is 4.05. The molecule has 26 heavy (non-hydrogen) atoms. The van der Waals surface area contributed by atoms with Crippen LogP contribution in [0.15, 0.2) is 36.7 Å². The molecule has 0 saturated heterocycles. The number of fused-ring (bicyclic) bond motifs is 3. The highest BCUT2D eigenvalue weighted by Crippen LogP contribution is 2.36. The maximum Gasteiger partial charge on any atom is 0.162 e. The summed E-state index contributed by atoms with van der Waals surface area (Å²) in [5.74, 6) is 1.29. The lowest BCUT2D eigenvalue weighted by atomic mass is 10.2. The Hall–Kier alpha value is -3.06. The molecule has 0 atom stereocenters. The minimum atomic E-state index is -0.477. The average Bonchev–Trinajstić information content (AvgIpc) is 3.02. The van der Waals surface area contributed by atoms with E-state index in [2.05, 4.69) is 20.3 Å². The van der Waals surface area contributed by atoms with Crippen LogP contribution in [0.25, 0.3) is 21.9 Å². The Morgan fingerprint density at radius 1 is 1.08 bits per heavy atom. The van der Waals surface area contributed by atoms with Gasteiger partial charge in [0.15, 0.2) is 17.3 Å². The molecule has 0 aliphatic heterocycles. The van der Waals surface area contributed by atoms with Crippen molar-refractivity contribution in [2.24, 2.45) is 0 Å². The van der Waals surface area contributed by atoms with E-state index < -0.39 is 5.82 Å². The number of rotatable bonds is 4. The van der Waals surface area contributed by atoms with Crippen molar-refractivity contribution < 1.29 is 13.9 Å². The SMILES string of the molecule is COc1cc2[nH]c3c(Nc4ccc(F)c(Cl)c4)ncnc3c2cc1OC. The van der Waals surface area contributed by atoms with Crippen LogP contribution in [0, 0.1) is 5.82 Å². The van der Waals surface area contributed by atoms with Crippen molar-refractivity contribution in [1.29, 1.82) is 0 Å². The third-order valence-corrected chi connectivity index (χ3v) is 4.36. The average molecular weight is 373 g/mol. The number of methoxy groups -OCH3 is 2. The Morgan fingerprint density at radius 2 is 1.85 bits per heavy atom. The van der Waals surface area contributed by atoms with Crippen LogP contribution in [0.1, 0.15) is 0 Å². The summed E-state index contributed by atoms with van der Waals surface area (Å²) >= 11 is 5.85. The molecule has 0 aliphatic carbocycles. The fourth-order valence-corrected chi connectivity index (χ4v) is 3.01. The highest BCUT2D eigenvalue weighted by molar-refractivity contribution is 6.31. The van der Waals surface area contributed by atoms with E-state index >= 15 is 0 Å². The van der Waals surface area contributed by atoms with E-state index in [-0.39, 0.29) is 5.02 Å². The summed E-state index contributed by atoms with van der Waals surface area (Å²) in [7, 11) is 3.16. The normalized spacial score (nSPS) is 11.1. The van der Waals surface area contributed by atoms with E-state index in [1.54, 1.807) is 20.3 Å². The molecule has 6 nitrogen and oxygen atoms in total. The predicted molar refractivity (Wildman–Crippen MR) is 99.2 cm³/mol. The number of hydrogen-bond acceptors (Lipinski definition) is 5. The summed E-state index contributed by atoms with van der Waals surface area (Å²) in [4.78, 5) is 11.9. The fourth-order valence-electron chi connectivity index (χ4n) is 2.83. The molecular formula is C18H14ClFN4O2. The zero-order chi connectivity index (χ0) is 18.3. The number of hydrogen-bond donors (Lipinski definition) is 2. The molecule has 0 saturated carbocycles. The van der Waals surface area contributed by atoms with Crippen LogP contribution in [-0.2, 0) is 0 Å². The van der Waals surface area contributed by atoms with Crippen LogP contribution in [0.2, 0.25) is 5.02 Å². The summed E-state index contributed by atoms with van der Waals surface area (Å²) in [6.07, 6.45) is 1.46. The number of aromatic amines is 1. The summed E-state index contributed by atoms with van der Waals surface area (Å²) in [6, 6.07) is 8.08.